The quantitative estimate of drug-likeness (QED) is 0.870. The van der Waals surface area contributed by atoms with Crippen LogP contribution in [0.1, 0.15) is 37.0 Å². The van der Waals surface area contributed by atoms with Crippen LogP contribution >= 0.6 is 0 Å². The fraction of sp³-hybridized carbons (Fsp3) is 0.500. The third-order valence-electron chi connectivity index (χ3n) is 2.92. The van der Waals surface area contributed by atoms with Gasteiger partial charge < -0.3 is 14.5 Å². The van der Waals surface area contributed by atoms with Gasteiger partial charge in [0.05, 0.1) is 18.9 Å². The summed E-state index contributed by atoms with van der Waals surface area (Å²) in [6.07, 6.45) is 3.65. The lowest BCUT2D eigenvalue weighted by Gasteiger charge is -2.04. The van der Waals surface area contributed by atoms with E-state index < -0.39 is 0 Å². The van der Waals surface area contributed by atoms with Crippen LogP contribution < -0.4 is 10.1 Å². The molecule has 0 bridgehead atoms. The van der Waals surface area contributed by atoms with Crippen LogP contribution in [-0.4, -0.2) is 16.8 Å². The summed E-state index contributed by atoms with van der Waals surface area (Å²) >= 11 is 0. The first-order valence-electron chi connectivity index (χ1n) is 6.50. The SMILES string of the molecule is CNCc1cc(COc2cnn(C(C)C)c2)c(C)o1. The third kappa shape index (κ3) is 3.38. The van der Waals surface area contributed by atoms with Crippen molar-refractivity contribution in [3.8, 4) is 5.75 Å². The molecule has 0 saturated heterocycles. The van der Waals surface area contributed by atoms with E-state index in [9.17, 15) is 0 Å². The highest BCUT2D eigenvalue weighted by molar-refractivity contribution is 5.21. The first-order valence-corrected chi connectivity index (χ1v) is 6.50. The molecule has 0 saturated carbocycles. The molecule has 0 unspecified atom stereocenters. The van der Waals surface area contributed by atoms with Crippen LogP contribution in [0.4, 0.5) is 0 Å². The minimum absolute atomic E-state index is 0.343. The zero-order valence-electron chi connectivity index (χ0n) is 11.9. The van der Waals surface area contributed by atoms with E-state index in [-0.39, 0.29) is 0 Å². The number of hydrogen-bond donors (Lipinski definition) is 1. The molecular weight excluding hydrogens is 242 g/mol. The molecule has 2 aromatic heterocycles. The second-order valence-electron chi connectivity index (χ2n) is 4.86. The molecule has 0 radical (unpaired) electrons. The van der Waals surface area contributed by atoms with Crippen molar-refractivity contribution >= 4 is 0 Å². The lowest BCUT2D eigenvalue weighted by atomic mass is 10.2. The molecule has 0 aromatic carbocycles. The smallest absolute Gasteiger partial charge is 0.157 e. The van der Waals surface area contributed by atoms with Gasteiger partial charge in [-0.2, -0.15) is 5.10 Å². The molecule has 2 rings (SSSR count). The molecule has 0 amide bonds. The Hall–Kier alpha value is -1.75. The molecule has 0 aliphatic carbocycles. The molecule has 2 aromatic rings. The van der Waals surface area contributed by atoms with Crippen molar-refractivity contribution in [3.05, 3.63) is 35.5 Å². The Labute approximate surface area is 113 Å². The van der Waals surface area contributed by atoms with Gasteiger partial charge in [-0.25, -0.2) is 0 Å². The molecule has 104 valence electrons. The fourth-order valence-electron chi connectivity index (χ4n) is 1.83. The number of aryl methyl sites for hydroxylation is 1. The maximum atomic E-state index is 5.73. The van der Waals surface area contributed by atoms with E-state index in [1.165, 1.54) is 0 Å². The summed E-state index contributed by atoms with van der Waals surface area (Å²) in [5, 5.41) is 7.31. The minimum atomic E-state index is 0.343. The van der Waals surface area contributed by atoms with Crippen molar-refractivity contribution < 1.29 is 9.15 Å². The first-order chi connectivity index (χ1) is 9.10. The Morgan fingerprint density at radius 3 is 2.89 bits per heavy atom. The Morgan fingerprint density at radius 1 is 1.47 bits per heavy atom. The summed E-state index contributed by atoms with van der Waals surface area (Å²) in [6.45, 7) is 7.35. The molecule has 0 aliphatic heterocycles. The lowest BCUT2D eigenvalue weighted by Crippen LogP contribution is -2.03. The van der Waals surface area contributed by atoms with E-state index in [4.69, 9.17) is 9.15 Å². The van der Waals surface area contributed by atoms with Gasteiger partial charge in [0.2, 0.25) is 0 Å². The molecule has 0 aliphatic rings. The van der Waals surface area contributed by atoms with Gasteiger partial charge in [-0.15, -0.1) is 0 Å². The zero-order valence-corrected chi connectivity index (χ0v) is 11.9. The van der Waals surface area contributed by atoms with Crippen molar-refractivity contribution in [2.75, 3.05) is 7.05 Å². The molecule has 0 fully saturated rings. The van der Waals surface area contributed by atoms with Crippen molar-refractivity contribution in [2.24, 2.45) is 0 Å². The predicted octanol–water partition coefficient (Wildman–Crippen LogP) is 2.66. The van der Waals surface area contributed by atoms with Crippen LogP contribution in [0.2, 0.25) is 0 Å². The van der Waals surface area contributed by atoms with Crippen LogP contribution in [0.15, 0.2) is 22.9 Å². The first kappa shape index (κ1) is 13.7. The second-order valence-corrected chi connectivity index (χ2v) is 4.86. The molecule has 1 N–H and O–H groups in total. The normalized spacial score (nSPS) is 11.2. The van der Waals surface area contributed by atoms with Gasteiger partial charge >= 0.3 is 0 Å². The topological polar surface area (TPSA) is 52.2 Å². The second kappa shape index (κ2) is 5.93. The van der Waals surface area contributed by atoms with Gasteiger partial charge in [-0.1, -0.05) is 0 Å². The number of rotatable bonds is 6. The number of nitrogens with zero attached hydrogens (tertiary/aromatic N) is 2. The average molecular weight is 263 g/mol. The van der Waals surface area contributed by atoms with Crippen molar-refractivity contribution in [3.63, 3.8) is 0 Å². The number of hydrogen-bond acceptors (Lipinski definition) is 4. The Kier molecular flexibility index (Phi) is 4.27. The van der Waals surface area contributed by atoms with Gasteiger partial charge in [-0.05, 0) is 33.9 Å². The maximum absolute atomic E-state index is 5.73. The van der Waals surface area contributed by atoms with E-state index in [0.29, 0.717) is 12.6 Å². The largest absolute Gasteiger partial charge is 0.485 e. The molecule has 2 heterocycles. The van der Waals surface area contributed by atoms with Crippen LogP contribution in [0.3, 0.4) is 0 Å². The van der Waals surface area contributed by atoms with E-state index in [0.717, 1.165) is 29.4 Å². The monoisotopic (exact) mass is 263 g/mol. The standard InChI is InChI=1S/C14H21N3O2/c1-10(2)17-8-14(7-16-17)18-9-12-5-13(6-15-4)19-11(12)3/h5,7-8,10,15H,6,9H2,1-4H3. The minimum Gasteiger partial charge on any atom is -0.485 e. The highest BCUT2D eigenvalue weighted by Crippen LogP contribution is 2.18. The number of furan rings is 1. The zero-order chi connectivity index (χ0) is 13.8. The van der Waals surface area contributed by atoms with Gasteiger partial charge in [0.25, 0.3) is 0 Å². The van der Waals surface area contributed by atoms with Crippen LogP contribution in [0.25, 0.3) is 0 Å². The number of ether oxygens (including phenoxy) is 1. The lowest BCUT2D eigenvalue weighted by molar-refractivity contribution is 0.302. The third-order valence-corrected chi connectivity index (χ3v) is 2.92. The van der Waals surface area contributed by atoms with Gasteiger partial charge in [0.15, 0.2) is 5.75 Å². The average Bonchev–Trinajstić information content (AvgIpc) is 2.94. The van der Waals surface area contributed by atoms with Crippen LogP contribution in [0, 0.1) is 6.92 Å². The summed E-state index contributed by atoms with van der Waals surface area (Å²) in [4.78, 5) is 0. The van der Waals surface area contributed by atoms with Gasteiger partial charge in [0.1, 0.15) is 18.1 Å². The Morgan fingerprint density at radius 2 is 2.26 bits per heavy atom. The molecular formula is C14H21N3O2. The summed E-state index contributed by atoms with van der Waals surface area (Å²) in [6, 6.07) is 2.37. The van der Waals surface area contributed by atoms with E-state index in [1.807, 2.05) is 30.9 Å². The Bertz CT molecular complexity index is 529. The predicted molar refractivity (Wildman–Crippen MR) is 73.2 cm³/mol. The van der Waals surface area contributed by atoms with E-state index >= 15 is 0 Å². The molecule has 5 heteroatoms. The molecule has 0 spiro atoms. The maximum Gasteiger partial charge on any atom is 0.157 e. The fourth-order valence-corrected chi connectivity index (χ4v) is 1.83. The summed E-state index contributed by atoms with van der Waals surface area (Å²) in [5.74, 6) is 2.61. The molecule has 19 heavy (non-hydrogen) atoms. The van der Waals surface area contributed by atoms with Crippen molar-refractivity contribution in [2.45, 2.75) is 40.0 Å². The number of nitrogens with one attached hydrogen (secondary N) is 1. The van der Waals surface area contributed by atoms with Crippen LogP contribution in [-0.2, 0) is 13.2 Å². The number of aromatic nitrogens is 2. The summed E-state index contributed by atoms with van der Waals surface area (Å²) in [7, 11) is 1.90. The van der Waals surface area contributed by atoms with Crippen LogP contribution in [0.5, 0.6) is 5.75 Å². The van der Waals surface area contributed by atoms with E-state index in [2.05, 4.69) is 24.3 Å². The van der Waals surface area contributed by atoms with Gasteiger partial charge in [0, 0.05) is 11.6 Å². The Balaban J connectivity index is 1.97. The van der Waals surface area contributed by atoms with Crippen molar-refractivity contribution in [1.29, 1.82) is 0 Å². The molecule has 0 atom stereocenters. The summed E-state index contributed by atoms with van der Waals surface area (Å²) in [5.41, 5.74) is 1.07. The highest BCUT2D eigenvalue weighted by Gasteiger charge is 2.09. The summed E-state index contributed by atoms with van der Waals surface area (Å²) < 4.78 is 13.2. The van der Waals surface area contributed by atoms with E-state index in [1.54, 1.807) is 6.20 Å². The van der Waals surface area contributed by atoms with Gasteiger partial charge in [-0.3, -0.25) is 4.68 Å². The highest BCUT2D eigenvalue weighted by atomic mass is 16.5. The molecule has 5 nitrogen and oxygen atoms in total. The van der Waals surface area contributed by atoms with Crippen molar-refractivity contribution in [1.82, 2.24) is 15.1 Å².